The minimum absolute atomic E-state index is 0.131. The first-order chi connectivity index (χ1) is 14.7. The number of likely N-dealkylation sites (tertiary alicyclic amines) is 1. The highest BCUT2D eigenvalue weighted by atomic mass is 19.4. The zero-order valence-electron chi connectivity index (χ0n) is 16.1. The van der Waals surface area contributed by atoms with E-state index in [1.165, 1.54) is 29.4 Å². The van der Waals surface area contributed by atoms with Crippen LogP contribution in [0.5, 0.6) is 17.5 Å². The Bertz CT molecular complexity index is 916. The Morgan fingerprint density at radius 2 is 1.81 bits per heavy atom. The zero-order valence-corrected chi connectivity index (χ0v) is 16.1. The number of hydrogen-bond donors (Lipinski definition) is 2. The Morgan fingerprint density at radius 1 is 1.16 bits per heavy atom. The molecule has 2 N–H and O–H groups in total. The quantitative estimate of drug-likeness (QED) is 0.631. The van der Waals surface area contributed by atoms with Crippen LogP contribution in [0.1, 0.15) is 18.4 Å². The third kappa shape index (κ3) is 6.66. The molecule has 2 aromatic rings. The van der Waals surface area contributed by atoms with E-state index in [4.69, 9.17) is 14.7 Å². The number of amides is 1. The van der Waals surface area contributed by atoms with Crippen molar-refractivity contribution < 1.29 is 37.4 Å². The average Bonchev–Trinajstić information content (AvgIpc) is 2.72. The third-order valence-corrected chi connectivity index (χ3v) is 4.33. The lowest BCUT2D eigenvalue weighted by molar-refractivity contribution is -0.274. The minimum atomic E-state index is -4.76. The number of halogens is 3. The Balaban J connectivity index is 1.51. The number of benzene rings is 1. The van der Waals surface area contributed by atoms with Crippen molar-refractivity contribution in [3.63, 3.8) is 0 Å². The van der Waals surface area contributed by atoms with Gasteiger partial charge in [-0.3, -0.25) is 0 Å². The number of nitrogens with zero attached hydrogens (tertiary/aromatic N) is 3. The molecule has 166 valence electrons. The van der Waals surface area contributed by atoms with Gasteiger partial charge in [0.25, 0.3) is 5.88 Å². The van der Waals surface area contributed by atoms with Crippen LogP contribution in [0, 0.1) is 0 Å². The third-order valence-electron chi connectivity index (χ3n) is 4.33. The largest absolute Gasteiger partial charge is 0.573 e. The molecule has 1 aromatic carbocycles. The highest BCUT2D eigenvalue weighted by Crippen LogP contribution is 2.24. The van der Waals surface area contributed by atoms with Gasteiger partial charge in [0.2, 0.25) is 5.88 Å². The monoisotopic (exact) mass is 440 g/mol. The molecular formula is C19H19F3N4O5. The SMILES string of the molecule is C=C(NOc1cc(OC2CCN(C(=O)O)CC2)ncn1)c1ccc(OC(F)(F)F)cc1. The number of hydrogen-bond acceptors (Lipinski definition) is 7. The van der Waals surface area contributed by atoms with Gasteiger partial charge in [0.05, 0.1) is 11.8 Å². The Morgan fingerprint density at radius 3 is 2.42 bits per heavy atom. The standard InChI is InChI=1S/C19H19F3N4O5/c1-12(13-2-4-15(5-3-13)30-19(20,21)22)25-31-17-10-16(23-11-24-17)29-14-6-8-26(9-7-14)18(27)28/h2-5,10-11,14,25H,1,6-9H2,(H,27,28). The van der Waals surface area contributed by atoms with Crippen LogP contribution < -0.4 is 19.8 Å². The van der Waals surface area contributed by atoms with Crippen molar-refractivity contribution in [2.75, 3.05) is 13.1 Å². The van der Waals surface area contributed by atoms with Crippen LogP contribution in [-0.4, -0.2) is 51.6 Å². The first kappa shape index (κ1) is 22.0. The Labute approximate surface area is 175 Å². The summed E-state index contributed by atoms with van der Waals surface area (Å²) >= 11 is 0. The maximum atomic E-state index is 12.2. The second kappa shape index (κ2) is 9.41. The molecule has 1 saturated heterocycles. The van der Waals surface area contributed by atoms with Gasteiger partial charge in [-0.1, -0.05) is 6.58 Å². The van der Waals surface area contributed by atoms with Crippen LogP contribution in [0.25, 0.3) is 5.70 Å². The van der Waals surface area contributed by atoms with Gasteiger partial charge in [0.15, 0.2) is 0 Å². The molecule has 3 rings (SSSR count). The van der Waals surface area contributed by atoms with Crippen molar-refractivity contribution in [3.8, 4) is 17.5 Å². The fourth-order valence-corrected chi connectivity index (χ4v) is 2.81. The fourth-order valence-electron chi connectivity index (χ4n) is 2.81. The number of carbonyl (C=O) groups is 1. The predicted octanol–water partition coefficient (Wildman–Crippen LogP) is 3.45. The molecule has 1 amide bonds. The highest BCUT2D eigenvalue weighted by Gasteiger charge is 2.31. The maximum Gasteiger partial charge on any atom is 0.573 e. The molecule has 0 radical (unpaired) electrons. The lowest BCUT2D eigenvalue weighted by Gasteiger charge is -2.29. The van der Waals surface area contributed by atoms with E-state index in [0.717, 1.165) is 12.1 Å². The second-order valence-electron chi connectivity index (χ2n) is 6.54. The summed E-state index contributed by atoms with van der Waals surface area (Å²) in [6, 6.07) is 6.53. The summed E-state index contributed by atoms with van der Waals surface area (Å²) in [6.45, 7) is 4.51. The van der Waals surface area contributed by atoms with E-state index < -0.39 is 12.5 Å². The molecule has 2 heterocycles. The summed E-state index contributed by atoms with van der Waals surface area (Å²) in [5.74, 6) is 0.0442. The molecule has 0 atom stereocenters. The van der Waals surface area contributed by atoms with Gasteiger partial charge in [-0.2, -0.15) is 4.98 Å². The number of aromatic nitrogens is 2. The summed E-state index contributed by atoms with van der Waals surface area (Å²) in [5.41, 5.74) is 3.31. The van der Waals surface area contributed by atoms with Gasteiger partial charge in [0.1, 0.15) is 18.2 Å². The molecule has 1 aromatic heterocycles. The molecular weight excluding hydrogens is 421 g/mol. The van der Waals surface area contributed by atoms with Crippen molar-refractivity contribution in [1.29, 1.82) is 0 Å². The van der Waals surface area contributed by atoms with Gasteiger partial charge >= 0.3 is 12.5 Å². The Kier molecular flexibility index (Phi) is 6.68. The number of hydroxylamine groups is 1. The molecule has 0 aliphatic carbocycles. The molecule has 31 heavy (non-hydrogen) atoms. The first-order valence-electron chi connectivity index (χ1n) is 9.14. The first-order valence-corrected chi connectivity index (χ1v) is 9.14. The summed E-state index contributed by atoms with van der Waals surface area (Å²) < 4.78 is 46.2. The zero-order chi connectivity index (χ0) is 22.4. The Hall–Kier alpha value is -3.70. The van der Waals surface area contributed by atoms with Crippen LogP contribution in [0.15, 0.2) is 43.2 Å². The topological polar surface area (TPSA) is 106 Å². The lowest BCUT2D eigenvalue weighted by Crippen LogP contribution is -2.41. The number of carboxylic acid groups (broad SMARTS) is 1. The number of rotatable bonds is 7. The summed E-state index contributed by atoms with van der Waals surface area (Å²) in [5, 5.41) is 8.98. The number of alkyl halides is 3. The van der Waals surface area contributed by atoms with E-state index in [0.29, 0.717) is 31.5 Å². The molecule has 1 fully saturated rings. The summed E-state index contributed by atoms with van der Waals surface area (Å²) in [6.07, 6.45) is -3.58. The highest BCUT2D eigenvalue weighted by molar-refractivity contribution is 5.65. The van der Waals surface area contributed by atoms with E-state index in [1.807, 2.05) is 0 Å². The summed E-state index contributed by atoms with van der Waals surface area (Å²) in [7, 11) is 0. The normalized spacial score (nSPS) is 14.6. The van der Waals surface area contributed by atoms with E-state index in [9.17, 15) is 18.0 Å². The van der Waals surface area contributed by atoms with Gasteiger partial charge in [0, 0.05) is 31.5 Å². The van der Waals surface area contributed by atoms with Crippen molar-refractivity contribution in [1.82, 2.24) is 20.3 Å². The van der Waals surface area contributed by atoms with Crippen molar-refractivity contribution in [2.45, 2.75) is 25.3 Å². The maximum absolute atomic E-state index is 12.2. The minimum Gasteiger partial charge on any atom is -0.474 e. The van der Waals surface area contributed by atoms with Crippen LogP contribution in [0.3, 0.4) is 0 Å². The molecule has 0 unspecified atom stereocenters. The molecule has 0 bridgehead atoms. The predicted molar refractivity (Wildman–Crippen MR) is 101 cm³/mol. The van der Waals surface area contributed by atoms with E-state index in [1.54, 1.807) is 0 Å². The van der Waals surface area contributed by atoms with Gasteiger partial charge < -0.3 is 24.3 Å². The van der Waals surface area contributed by atoms with E-state index in [2.05, 4.69) is 26.8 Å². The van der Waals surface area contributed by atoms with Gasteiger partial charge in [-0.25, -0.2) is 15.3 Å². The second-order valence-corrected chi connectivity index (χ2v) is 6.54. The van der Waals surface area contributed by atoms with Crippen LogP contribution >= 0.6 is 0 Å². The van der Waals surface area contributed by atoms with Crippen LogP contribution in [-0.2, 0) is 0 Å². The number of nitrogens with one attached hydrogen (secondary N) is 1. The van der Waals surface area contributed by atoms with Crippen molar-refractivity contribution in [2.24, 2.45) is 0 Å². The molecule has 9 nitrogen and oxygen atoms in total. The molecule has 1 aliphatic rings. The van der Waals surface area contributed by atoms with Gasteiger partial charge in [-0.15, -0.1) is 13.2 Å². The van der Waals surface area contributed by atoms with Crippen LogP contribution in [0.2, 0.25) is 0 Å². The smallest absolute Gasteiger partial charge is 0.474 e. The van der Waals surface area contributed by atoms with E-state index >= 15 is 0 Å². The van der Waals surface area contributed by atoms with Crippen molar-refractivity contribution in [3.05, 3.63) is 48.8 Å². The average molecular weight is 440 g/mol. The van der Waals surface area contributed by atoms with Crippen molar-refractivity contribution >= 4 is 11.8 Å². The molecule has 1 aliphatic heterocycles. The number of ether oxygens (including phenoxy) is 2. The fraction of sp³-hybridized carbons (Fsp3) is 0.316. The molecule has 12 heteroatoms. The molecule has 0 saturated carbocycles. The summed E-state index contributed by atoms with van der Waals surface area (Å²) in [4.78, 5) is 25.6. The van der Waals surface area contributed by atoms with Crippen LogP contribution in [0.4, 0.5) is 18.0 Å². The van der Waals surface area contributed by atoms with Gasteiger partial charge in [-0.05, 0) is 24.3 Å². The lowest BCUT2D eigenvalue weighted by atomic mass is 10.1. The molecule has 0 spiro atoms. The van der Waals surface area contributed by atoms with E-state index in [-0.39, 0.29) is 29.3 Å². The number of piperidine rings is 1.